The Morgan fingerprint density at radius 2 is 1.69 bits per heavy atom. The van der Waals surface area contributed by atoms with E-state index in [1.54, 1.807) is 23.2 Å². The molecule has 1 aliphatic heterocycles. The number of aromatic nitrogens is 2. The summed E-state index contributed by atoms with van der Waals surface area (Å²) in [6, 6.07) is 13.0. The lowest BCUT2D eigenvalue weighted by Crippen LogP contribution is -2.50. The van der Waals surface area contributed by atoms with Crippen molar-refractivity contribution in [3.63, 3.8) is 0 Å². The van der Waals surface area contributed by atoms with Crippen molar-refractivity contribution in [2.45, 2.75) is 24.2 Å². The van der Waals surface area contributed by atoms with Crippen molar-refractivity contribution < 1.29 is 13.2 Å². The zero-order chi connectivity index (χ0) is 22.1. The third-order valence-electron chi connectivity index (χ3n) is 6.12. The molecule has 0 bridgehead atoms. The van der Waals surface area contributed by atoms with Crippen molar-refractivity contribution in [3.8, 4) is 0 Å². The Labute approximate surface area is 187 Å². The van der Waals surface area contributed by atoms with Gasteiger partial charge in [0.2, 0.25) is 15.9 Å². The number of benzene rings is 2. The van der Waals surface area contributed by atoms with Crippen LogP contribution in [0.5, 0.6) is 0 Å². The maximum atomic E-state index is 13.1. The summed E-state index contributed by atoms with van der Waals surface area (Å²) in [5, 5.41) is 0. The van der Waals surface area contributed by atoms with Crippen LogP contribution in [0.4, 0.5) is 0 Å². The third-order valence-corrected chi connectivity index (χ3v) is 8.02. The van der Waals surface area contributed by atoms with Crippen LogP contribution in [0.3, 0.4) is 0 Å². The van der Waals surface area contributed by atoms with E-state index in [9.17, 15) is 13.2 Å². The Balaban J connectivity index is 1.22. The molecule has 0 N–H and O–H groups in total. The van der Waals surface area contributed by atoms with Gasteiger partial charge >= 0.3 is 0 Å². The number of nitrogens with zero attached hydrogens (tertiary/aromatic N) is 4. The molecule has 1 amide bonds. The number of carbonyl (C=O) groups excluding carboxylic acids is 1. The number of para-hydroxylation sites is 2. The van der Waals surface area contributed by atoms with Crippen molar-refractivity contribution in [2.24, 2.45) is 0 Å². The molecule has 5 rings (SSSR count). The second-order valence-electron chi connectivity index (χ2n) is 8.13. The van der Waals surface area contributed by atoms with Crippen molar-refractivity contribution in [1.82, 2.24) is 19.2 Å². The van der Waals surface area contributed by atoms with Gasteiger partial charge in [0, 0.05) is 32.3 Å². The number of hydrogen-bond acceptors (Lipinski definition) is 5. The quantitative estimate of drug-likeness (QED) is 0.573. The van der Waals surface area contributed by atoms with E-state index in [1.165, 1.54) is 15.9 Å². The van der Waals surface area contributed by atoms with Gasteiger partial charge in [0.15, 0.2) is 0 Å². The van der Waals surface area contributed by atoms with Gasteiger partial charge in [0.25, 0.3) is 0 Å². The number of aryl methyl sites for hydroxylation is 2. The SMILES string of the molecule is O=C(C=Cc1cnc2ccccc2n1)N1CCN(S(=O)(=O)c2ccc3c(c2)CCC3)CC1. The summed E-state index contributed by atoms with van der Waals surface area (Å²) in [6.45, 7) is 1.29. The summed E-state index contributed by atoms with van der Waals surface area (Å²) in [4.78, 5) is 23.5. The van der Waals surface area contributed by atoms with Gasteiger partial charge in [0.1, 0.15) is 0 Å². The minimum absolute atomic E-state index is 0.158. The molecule has 32 heavy (non-hydrogen) atoms. The first kappa shape index (κ1) is 20.8. The van der Waals surface area contributed by atoms with E-state index in [1.807, 2.05) is 36.4 Å². The number of amides is 1. The van der Waals surface area contributed by atoms with Crippen molar-refractivity contribution >= 4 is 33.0 Å². The highest BCUT2D eigenvalue weighted by Crippen LogP contribution is 2.26. The first-order valence-electron chi connectivity index (χ1n) is 10.8. The number of rotatable bonds is 4. The minimum atomic E-state index is -3.55. The maximum Gasteiger partial charge on any atom is 0.246 e. The highest BCUT2D eigenvalue weighted by molar-refractivity contribution is 7.89. The van der Waals surface area contributed by atoms with Gasteiger partial charge in [0.05, 0.1) is 27.8 Å². The molecule has 3 aromatic rings. The van der Waals surface area contributed by atoms with E-state index >= 15 is 0 Å². The summed E-state index contributed by atoms with van der Waals surface area (Å²) >= 11 is 0. The van der Waals surface area contributed by atoms with Crippen LogP contribution in [0.25, 0.3) is 17.1 Å². The Morgan fingerprint density at radius 1 is 0.938 bits per heavy atom. The molecule has 1 fully saturated rings. The highest BCUT2D eigenvalue weighted by atomic mass is 32.2. The first-order chi connectivity index (χ1) is 15.5. The summed E-state index contributed by atoms with van der Waals surface area (Å²) in [6.07, 6.45) is 7.80. The molecule has 2 aliphatic rings. The lowest BCUT2D eigenvalue weighted by molar-refractivity contribution is -0.127. The van der Waals surface area contributed by atoms with Crippen LogP contribution >= 0.6 is 0 Å². The molecule has 8 heteroatoms. The smallest absolute Gasteiger partial charge is 0.246 e. The zero-order valence-corrected chi connectivity index (χ0v) is 18.5. The van der Waals surface area contributed by atoms with Crippen LogP contribution in [0.2, 0.25) is 0 Å². The Morgan fingerprint density at radius 3 is 2.50 bits per heavy atom. The van der Waals surface area contributed by atoms with Crippen LogP contribution in [0.1, 0.15) is 23.2 Å². The Hall–Kier alpha value is -3.10. The molecule has 0 atom stereocenters. The van der Waals surface area contributed by atoms with Gasteiger partial charge in [-0.2, -0.15) is 4.31 Å². The minimum Gasteiger partial charge on any atom is -0.337 e. The predicted molar refractivity (Wildman–Crippen MR) is 122 cm³/mol. The summed E-state index contributed by atoms with van der Waals surface area (Å²) in [5.74, 6) is -0.158. The number of hydrogen-bond donors (Lipinski definition) is 0. The molecule has 0 radical (unpaired) electrons. The standard InChI is InChI=1S/C24H24N4O3S/c29-24(11-9-20-17-25-22-6-1-2-7-23(22)26-20)27-12-14-28(15-13-27)32(30,31)21-10-8-18-4-3-5-19(18)16-21/h1-2,6-11,16-17H,3-5,12-15H2. The van der Waals surface area contributed by atoms with Gasteiger partial charge in [-0.25, -0.2) is 13.4 Å². The van der Waals surface area contributed by atoms with Gasteiger partial charge in [-0.05, 0) is 60.7 Å². The first-order valence-corrected chi connectivity index (χ1v) is 12.3. The van der Waals surface area contributed by atoms with Crippen LogP contribution in [-0.2, 0) is 27.7 Å². The number of sulfonamides is 1. The van der Waals surface area contributed by atoms with E-state index in [0.29, 0.717) is 23.7 Å². The fourth-order valence-electron chi connectivity index (χ4n) is 4.32. The molecule has 7 nitrogen and oxygen atoms in total. The molecule has 0 spiro atoms. The molecule has 164 valence electrons. The van der Waals surface area contributed by atoms with E-state index in [-0.39, 0.29) is 19.0 Å². The Kier molecular flexibility index (Phi) is 5.48. The van der Waals surface area contributed by atoms with Gasteiger partial charge < -0.3 is 4.90 Å². The highest BCUT2D eigenvalue weighted by Gasteiger charge is 2.30. The predicted octanol–water partition coefficient (Wildman–Crippen LogP) is 2.66. The molecule has 2 aromatic carbocycles. The molecular weight excluding hydrogens is 424 g/mol. The lowest BCUT2D eigenvalue weighted by Gasteiger charge is -2.33. The average Bonchev–Trinajstić information content (AvgIpc) is 3.30. The van der Waals surface area contributed by atoms with E-state index in [2.05, 4.69) is 9.97 Å². The van der Waals surface area contributed by atoms with Crippen LogP contribution in [-0.4, -0.2) is 59.7 Å². The molecule has 0 unspecified atom stereocenters. The van der Waals surface area contributed by atoms with E-state index in [4.69, 9.17) is 0 Å². The number of piperazine rings is 1. The number of fused-ring (bicyclic) bond motifs is 2. The van der Waals surface area contributed by atoms with Crippen molar-refractivity contribution in [1.29, 1.82) is 0 Å². The molecule has 1 aromatic heterocycles. The third kappa shape index (κ3) is 4.03. The van der Waals surface area contributed by atoms with Crippen LogP contribution < -0.4 is 0 Å². The molecule has 1 aliphatic carbocycles. The van der Waals surface area contributed by atoms with Gasteiger partial charge in [-0.1, -0.05) is 18.2 Å². The van der Waals surface area contributed by atoms with Gasteiger partial charge in [-0.15, -0.1) is 0 Å². The Bertz CT molecular complexity index is 1310. The summed E-state index contributed by atoms with van der Waals surface area (Å²) < 4.78 is 27.6. The lowest BCUT2D eigenvalue weighted by atomic mass is 10.1. The average molecular weight is 449 g/mol. The van der Waals surface area contributed by atoms with E-state index in [0.717, 1.165) is 35.9 Å². The fraction of sp³-hybridized carbons (Fsp3) is 0.292. The topological polar surface area (TPSA) is 83.5 Å². The van der Waals surface area contributed by atoms with Crippen molar-refractivity contribution in [3.05, 3.63) is 71.6 Å². The second kappa shape index (κ2) is 8.44. The van der Waals surface area contributed by atoms with E-state index < -0.39 is 10.0 Å². The van der Waals surface area contributed by atoms with Crippen LogP contribution in [0, 0.1) is 0 Å². The molecular formula is C24H24N4O3S. The largest absolute Gasteiger partial charge is 0.337 e. The zero-order valence-electron chi connectivity index (χ0n) is 17.6. The summed E-state index contributed by atoms with van der Waals surface area (Å²) in [5.41, 5.74) is 4.57. The van der Waals surface area contributed by atoms with Crippen molar-refractivity contribution in [2.75, 3.05) is 26.2 Å². The van der Waals surface area contributed by atoms with Gasteiger partial charge in [-0.3, -0.25) is 9.78 Å². The molecule has 0 saturated carbocycles. The van der Waals surface area contributed by atoms with Crippen LogP contribution in [0.15, 0.2) is 59.6 Å². The maximum absolute atomic E-state index is 13.1. The molecule has 2 heterocycles. The second-order valence-corrected chi connectivity index (χ2v) is 10.1. The summed E-state index contributed by atoms with van der Waals surface area (Å²) in [7, 11) is -3.55. The number of carbonyl (C=O) groups is 1. The monoisotopic (exact) mass is 448 g/mol. The molecule has 1 saturated heterocycles. The normalized spacial score (nSPS) is 17.2. The fourth-order valence-corrected chi connectivity index (χ4v) is 5.79.